The molecule has 2 fully saturated rings. The Hall–Kier alpha value is -5.87. The third kappa shape index (κ3) is 20.1. The van der Waals surface area contributed by atoms with E-state index < -0.39 is 75.7 Å². The van der Waals surface area contributed by atoms with Crippen molar-refractivity contribution < 1.29 is 56.7 Å². The molecule has 4 unspecified atom stereocenters. The summed E-state index contributed by atoms with van der Waals surface area (Å²) >= 11 is 0. The average Bonchev–Trinajstić information content (AvgIpc) is 3.95. The lowest BCUT2D eigenvalue weighted by molar-refractivity contribution is -0.372. The summed E-state index contributed by atoms with van der Waals surface area (Å²) in [5.41, 5.74) is 4.34. The number of methoxy groups -OCH3 is 1. The zero-order chi connectivity index (χ0) is 58.7. The molecule has 450 valence electrons. The van der Waals surface area contributed by atoms with Gasteiger partial charge in [0.25, 0.3) is 0 Å². The molecule has 0 spiro atoms. The van der Waals surface area contributed by atoms with Gasteiger partial charge in [-0.2, -0.15) is 0 Å². The van der Waals surface area contributed by atoms with Gasteiger partial charge in [-0.15, -0.1) is 0 Å². The Morgan fingerprint density at radius 3 is 1.60 bits per heavy atom. The van der Waals surface area contributed by atoms with Crippen molar-refractivity contribution in [3.05, 3.63) is 179 Å². The first-order valence-electron chi connectivity index (χ1n) is 30.8. The van der Waals surface area contributed by atoms with E-state index in [1.807, 2.05) is 127 Å². The smallest absolute Gasteiger partial charge is 0.459 e. The molecule has 5 aromatic carbocycles. The molecule has 1 amide bonds. The van der Waals surface area contributed by atoms with Gasteiger partial charge in [-0.1, -0.05) is 245 Å². The van der Waals surface area contributed by atoms with E-state index in [4.69, 9.17) is 42.3 Å². The molecule has 0 aliphatic carbocycles. The monoisotopic (exact) mass is 1160 g/mol. The largest absolute Gasteiger partial charge is 0.509 e. The summed E-state index contributed by atoms with van der Waals surface area (Å²) in [5.74, 6) is -2.18. The van der Waals surface area contributed by atoms with Gasteiger partial charge in [-0.25, -0.2) is 14.4 Å². The van der Waals surface area contributed by atoms with E-state index in [2.05, 4.69) is 34.6 Å². The summed E-state index contributed by atoms with van der Waals surface area (Å²) < 4.78 is 60.9. The van der Waals surface area contributed by atoms with Crippen LogP contribution in [0.3, 0.4) is 0 Å². The van der Waals surface area contributed by atoms with Gasteiger partial charge in [0, 0.05) is 20.1 Å². The fraction of sp³-hybridized carbons (Fsp3) is 0.522. The standard InChI is InChI=1S/C69H93NO12Si/c1-7-8-9-10-11-12-13-14-15-16-17-33-44-60-62(80-68(73)79-60)59(70(47-54-34-23-18-24-35-54)67(72)78-50-57-40-29-21-30-41-57)45-46-69(74-6)65(76-49-56-38-27-20-28-39-56)64(75-48-55-36-25-19-26-37-55)63(82-83(52(2)3)53(4)5)61(81-69)51-77-66(71)58-42-31-22-32-43-58/h18-32,34-43,52-53,59-65,83H,7-17,33,44-51H2,1-6H3/t59-,60?,61?,62-,63+,64+,65?,69?/m0/s1. The number of carbonyl (C=O) groups excluding carboxylic acids is 3. The number of esters is 1. The third-order valence-electron chi connectivity index (χ3n) is 16.1. The molecule has 0 radical (unpaired) electrons. The Morgan fingerprint density at radius 2 is 1.07 bits per heavy atom. The second-order valence-electron chi connectivity index (χ2n) is 23.1. The normalized spacial score (nSPS) is 21.0. The van der Waals surface area contributed by atoms with Gasteiger partial charge in [-0.05, 0) is 64.7 Å². The first-order chi connectivity index (χ1) is 40.5. The molecule has 2 aliphatic rings. The third-order valence-corrected chi connectivity index (χ3v) is 19.3. The highest BCUT2D eigenvalue weighted by Gasteiger charge is 2.59. The summed E-state index contributed by atoms with van der Waals surface area (Å²) in [6, 6.07) is 47.2. The number of benzene rings is 5. The molecule has 8 atom stereocenters. The highest BCUT2D eigenvalue weighted by atomic mass is 28.3. The maximum Gasteiger partial charge on any atom is 0.509 e. The van der Waals surface area contributed by atoms with Crippen LogP contribution in [-0.2, 0) is 68.7 Å². The fourth-order valence-electron chi connectivity index (χ4n) is 11.7. The van der Waals surface area contributed by atoms with Gasteiger partial charge < -0.3 is 42.3 Å². The van der Waals surface area contributed by atoms with Crippen LogP contribution in [0.1, 0.15) is 164 Å². The maximum absolute atomic E-state index is 15.1. The number of amides is 1. The Labute approximate surface area is 496 Å². The van der Waals surface area contributed by atoms with Crippen molar-refractivity contribution in [3.63, 3.8) is 0 Å². The average molecular weight is 1160 g/mol. The van der Waals surface area contributed by atoms with Crippen molar-refractivity contribution in [1.29, 1.82) is 0 Å². The molecule has 2 aliphatic heterocycles. The van der Waals surface area contributed by atoms with Crippen LogP contribution in [0, 0.1) is 0 Å². The Morgan fingerprint density at radius 1 is 0.578 bits per heavy atom. The highest BCUT2D eigenvalue weighted by Crippen LogP contribution is 2.43. The van der Waals surface area contributed by atoms with Crippen molar-refractivity contribution in [3.8, 4) is 0 Å². The molecule has 14 heteroatoms. The van der Waals surface area contributed by atoms with Crippen LogP contribution in [0.5, 0.6) is 0 Å². The van der Waals surface area contributed by atoms with Crippen LogP contribution in [0.2, 0.25) is 11.1 Å². The zero-order valence-corrected chi connectivity index (χ0v) is 51.4. The molecule has 83 heavy (non-hydrogen) atoms. The van der Waals surface area contributed by atoms with E-state index in [9.17, 15) is 9.59 Å². The zero-order valence-electron chi connectivity index (χ0n) is 50.2. The molecule has 2 saturated heterocycles. The molecule has 0 N–H and O–H groups in total. The second-order valence-corrected chi connectivity index (χ2v) is 27.0. The van der Waals surface area contributed by atoms with Gasteiger partial charge in [0.2, 0.25) is 0 Å². The second kappa shape index (κ2) is 34.8. The first kappa shape index (κ1) is 64.7. The molecule has 5 aromatic rings. The molecule has 13 nitrogen and oxygen atoms in total. The van der Waals surface area contributed by atoms with Crippen molar-refractivity contribution in [2.24, 2.45) is 0 Å². The van der Waals surface area contributed by atoms with Crippen molar-refractivity contribution in [1.82, 2.24) is 4.90 Å². The lowest BCUT2D eigenvalue weighted by Gasteiger charge is -2.53. The number of nitrogens with zero attached hydrogens (tertiary/aromatic N) is 1. The van der Waals surface area contributed by atoms with Crippen molar-refractivity contribution in [2.45, 2.75) is 217 Å². The molecule has 2 heterocycles. The SMILES string of the molecule is CCCCCCCCCCCCCCC1OC(=O)O[C@H]1[C@H](CCC1(OC)OC(COC(=O)c2ccccc2)[C@@H](O[SiH](C(C)C)C(C)C)[C@@H](OCc2ccccc2)C1OCc1ccccc1)N(Cc1ccccc1)C(=O)OCc1ccccc1. The van der Waals surface area contributed by atoms with Crippen molar-refractivity contribution >= 4 is 27.3 Å². The topological polar surface area (TPSA) is 138 Å². The maximum atomic E-state index is 15.1. The van der Waals surface area contributed by atoms with E-state index in [0.717, 1.165) is 47.9 Å². The van der Waals surface area contributed by atoms with Crippen LogP contribution in [0.25, 0.3) is 0 Å². The van der Waals surface area contributed by atoms with Crippen LogP contribution < -0.4 is 0 Å². The summed E-state index contributed by atoms with van der Waals surface area (Å²) in [7, 11) is -0.507. The number of unbranched alkanes of at least 4 members (excludes halogenated alkanes) is 11. The molecule has 0 aromatic heterocycles. The Bertz CT molecular complexity index is 2590. The summed E-state index contributed by atoms with van der Waals surface area (Å²) in [6.07, 6.45) is 8.47. The predicted molar refractivity (Wildman–Crippen MR) is 326 cm³/mol. The molecular weight excluding hydrogens is 1060 g/mol. The van der Waals surface area contributed by atoms with Crippen molar-refractivity contribution in [2.75, 3.05) is 13.7 Å². The summed E-state index contributed by atoms with van der Waals surface area (Å²) in [6.45, 7) is 11.3. The van der Waals surface area contributed by atoms with Crippen LogP contribution in [0.4, 0.5) is 9.59 Å². The van der Waals surface area contributed by atoms with E-state index >= 15 is 4.79 Å². The number of cyclic esters (lactones) is 2. The van der Waals surface area contributed by atoms with Gasteiger partial charge in [0.05, 0.1) is 24.8 Å². The number of hydrogen-bond donors (Lipinski definition) is 0. The highest BCUT2D eigenvalue weighted by molar-refractivity contribution is 6.55. The van der Waals surface area contributed by atoms with Crippen LogP contribution >= 0.6 is 0 Å². The predicted octanol–water partition coefficient (Wildman–Crippen LogP) is 15.7. The van der Waals surface area contributed by atoms with Gasteiger partial charge in [0.1, 0.15) is 43.7 Å². The lowest BCUT2D eigenvalue weighted by Crippen LogP contribution is -2.69. The van der Waals surface area contributed by atoms with E-state index in [0.29, 0.717) is 12.0 Å². The number of ether oxygens (including phenoxy) is 8. The van der Waals surface area contributed by atoms with Crippen LogP contribution in [0.15, 0.2) is 152 Å². The van der Waals surface area contributed by atoms with Gasteiger partial charge in [0.15, 0.2) is 20.9 Å². The molecule has 0 bridgehead atoms. The van der Waals surface area contributed by atoms with Crippen LogP contribution in [-0.4, -0.2) is 94.3 Å². The molecular formula is C69H93NO12Si. The lowest BCUT2D eigenvalue weighted by atomic mass is 9.86. The van der Waals surface area contributed by atoms with Gasteiger partial charge >= 0.3 is 18.2 Å². The quantitative estimate of drug-likeness (QED) is 0.0163. The summed E-state index contributed by atoms with van der Waals surface area (Å²) in [4.78, 5) is 44.4. The van der Waals surface area contributed by atoms with E-state index in [1.165, 1.54) is 51.4 Å². The molecule has 0 saturated carbocycles. The van der Waals surface area contributed by atoms with Gasteiger partial charge in [-0.3, -0.25) is 4.90 Å². The Kier molecular flexibility index (Phi) is 27.1. The number of hydrogen-bond acceptors (Lipinski definition) is 12. The van der Waals surface area contributed by atoms with E-state index in [-0.39, 0.29) is 56.9 Å². The minimum absolute atomic E-state index is 0.0176. The minimum atomic E-state index is -2.09. The summed E-state index contributed by atoms with van der Waals surface area (Å²) in [5, 5.41) is 0. The minimum Gasteiger partial charge on any atom is -0.459 e. The first-order valence-corrected chi connectivity index (χ1v) is 32.6. The number of rotatable bonds is 36. The Balaban J connectivity index is 1.27. The number of carbonyl (C=O) groups is 3. The van der Waals surface area contributed by atoms with E-state index in [1.54, 1.807) is 36.3 Å². The fourth-order valence-corrected chi connectivity index (χ4v) is 14.5. The molecule has 7 rings (SSSR count).